The Morgan fingerprint density at radius 1 is 1.06 bits per heavy atom. The summed E-state index contributed by atoms with van der Waals surface area (Å²) in [7, 11) is 2.97. The third-order valence-corrected chi connectivity index (χ3v) is 5.46. The predicted octanol–water partition coefficient (Wildman–Crippen LogP) is 4.41. The van der Waals surface area contributed by atoms with E-state index in [1.165, 1.54) is 14.2 Å². The molecule has 4 rings (SSSR count). The largest absolute Gasteiger partial charge is 0.496 e. The first kappa shape index (κ1) is 23.3. The molecule has 0 atom stereocenters. The molecule has 0 aliphatic carbocycles. The van der Waals surface area contributed by atoms with Crippen molar-refractivity contribution in [2.45, 2.75) is 0 Å². The van der Waals surface area contributed by atoms with Gasteiger partial charge in [0.25, 0.3) is 11.8 Å². The van der Waals surface area contributed by atoms with Gasteiger partial charge >= 0.3 is 0 Å². The van der Waals surface area contributed by atoms with Gasteiger partial charge in [-0.15, -0.1) is 0 Å². The number of carbonyl (C=O) groups excluding carboxylic acids is 2. The van der Waals surface area contributed by atoms with Crippen LogP contribution in [-0.4, -0.2) is 45.8 Å². The summed E-state index contributed by atoms with van der Waals surface area (Å²) in [5.41, 5.74) is 1.30. The van der Waals surface area contributed by atoms with Crippen molar-refractivity contribution >= 4 is 34.8 Å². The van der Waals surface area contributed by atoms with Crippen LogP contribution in [0.15, 0.2) is 60.7 Å². The number of rotatable bonds is 8. The molecule has 0 unspecified atom stereocenters. The molecule has 1 N–H and O–H groups in total. The first-order valence-electron chi connectivity index (χ1n) is 10.5. The summed E-state index contributed by atoms with van der Waals surface area (Å²) in [5.74, 6) is 1.34. The third kappa shape index (κ3) is 5.02. The van der Waals surface area contributed by atoms with E-state index in [1.54, 1.807) is 65.6 Å². The minimum Gasteiger partial charge on any atom is -0.496 e. The van der Waals surface area contributed by atoms with Gasteiger partial charge < -0.3 is 29.2 Å². The quantitative estimate of drug-likeness (QED) is 0.511. The van der Waals surface area contributed by atoms with Gasteiger partial charge in [-0.3, -0.25) is 9.59 Å². The SMILES string of the molecule is COc1cccc(OC)c1C(=O)Nc1ccc2c(c1)N(CCOc1ccc(Cl)cc1)C(=O)CO2. The monoisotopic (exact) mass is 482 g/mol. The maximum atomic E-state index is 13.0. The number of halogens is 1. The molecule has 0 bridgehead atoms. The zero-order chi connectivity index (χ0) is 24.1. The second-order valence-electron chi connectivity index (χ2n) is 7.31. The Balaban J connectivity index is 1.52. The lowest BCUT2D eigenvalue weighted by Gasteiger charge is -2.29. The number of anilines is 2. The van der Waals surface area contributed by atoms with E-state index in [2.05, 4.69) is 5.32 Å². The van der Waals surface area contributed by atoms with E-state index in [-0.39, 0.29) is 24.7 Å². The number of hydrogen-bond acceptors (Lipinski definition) is 6. The summed E-state index contributed by atoms with van der Waals surface area (Å²) in [6.07, 6.45) is 0. The minimum atomic E-state index is -0.407. The van der Waals surface area contributed by atoms with Crippen LogP contribution in [0.2, 0.25) is 5.02 Å². The van der Waals surface area contributed by atoms with Crippen molar-refractivity contribution in [3.63, 3.8) is 0 Å². The van der Waals surface area contributed by atoms with Crippen LogP contribution in [-0.2, 0) is 4.79 Å². The first-order valence-corrected chi connectivity index (χ1v) is 10.9. The van der Waals surface area contributed by atoms with Crippen LogP contribution in [0.5, 0.6) is 23.0 Å². The molecule has 0 saturated carbocycles. The standard InChI is InChI=1S/C25H23ClN2O6/c1-31-21-4-3-5-22(32-2)24(21)25(30)27-17-8-11-20-19(14-17)28(23(29)15-34-20)12-13-33-18-9-6-16(26)7-10-18/h3-11,14H,12-13,15H2,1-2H3,(H,27,30). The summed E-state index contributed by atoms with van der Waals surface area (Å²) < 4.78 is 21.9. The van der Waals surface area contributed by atoms with Crippen molar-refractivity contribution in [1.29, 1.82) is 0 Å². The zero-order valence-electron chi connectivity index (χ0n) is 18.7. The molecule has 0 saturated heterocycles. The second-order valence-corrected chi connectivity index (χ2v) is 7.75. The number of fused-ring (bicyclic) bond motifs is 1. The number of ether oxygens (including phenoxy) is 4. The van der Waals surface area contributed by atoms with Crippen LogP contribution in [0.1, 0.15) is 10.4 Å². The molecule has 0 aromatic heterocycles. The smallest absolute Gasteiger partial charge is 0.265 e. The number of nitrogens with one attached hydrogen (secondary N) is 1. The third-order valence-electron chi connectivity index (χ3n) is 5.21. The normalized spacial score (nSPS) is 12.4. The van der Waals surface area contributed by atoms with Gasteiger partial charge in [-0.2, -0.15) is 0 Å². The van der Waals surface area contributed by atoms with E-state index in [0.29, 0.717) is 45.9 Å². The molecular weight excluding hydrogens is 460 g/mol. The Hall–Kier alpha value is -3.91. The van der Waals surface area contributed by atoms with E-state index in [4.69, 9.17) is 30.5 Å². The molecule has 2 amide bonds. The van der Waals surface area contributed by atoms with E-state index in [0.717, 1.165) is 0 Å². The Kier molecular flexibility index (Phi) is 7.08. The van der Waals surface area contributed by atoms with Gasteiger partial charge in [-0.25, -0.2) is 0 Å². The highest BCUT2D eigenvalue weighted by Gasteiger charge is 2.26. The van der Waals surface area contributed by atoms with Gasteiger partial charge in [0.15, 0.2) is 6.61 Å². The van der Waals surface area contributed by atoms with Crippen LogP contribution in [0, 0.1) is 0 Å². The summed E-state index contributed by atoms with van der Waals surface area (Å²) in [6, 6.07) is 17.2. The lowest BCUT2D eigenvalue weighted by atomic mass is 10.1. The van der Waals surface area contributed by atoms with Crippen LogP contribution < -0.4 is 29.2 Å². The van der Waals surface area contributed by atoms with Gasteiger partial charge in [-0.05, 0) is 54.6 Å². The van der Waals surface area contributed by atoms with Crippen LogP contribution >= 0.6 is 11.6 Å². The molecule has 0 spiro atoms. The summed E-state index contributed by atoms with van der Waals surface area (Å²) in [4.78, 5) is 27.2. The Morgan fingerprint density at radius 3 is 2.44 bits per heavy atom. The molecule has 8 nitrogen and oxygen atoms in total. The average Bonchev–Trinajstić information content (AvgIpc) is 2.85. The topological polar surface area (TPSA) is 86.3 Å². The predicted molar refractivity (Wildman–Crippen MR) is 129 cm³/mol. The summed E-state index contributed by atoms with van der Waals surface area (Å²) in [6.45, 7) is 0.495. The van der Waals surface area contributed by atoms with Crippen molar-refractivity contribution in [1.82, 2.24) is 0 Å². The van der Waals surface area contributed by atoms with Gasteiger partial charge in [0, 0.05) is 10.7 Å². The van der Waals surface area contributed by atoms with Gasteiger partial charge in [-0.1, -0.05) is 17.7 Å². The zero-order valence-corrected chi connectivity index (χ0v) is 19.4. The van der Waals surface area contributed by atoms with E-state index < -0.39 is 5.91 Å². The van der Waals surface area contributed by atoms with Crippen molar-refractivity contribution in [3.05, 3.63) is 71.2 Å². The lowest BCUT2D eigenvalue weighted by molar-refractivity contribution is -0.121. The fourth-order valence-corrected chi connectivity index (χ4v) is 3.71. The molecule has 0 radical (unpaired) electrons. The fraction of sp³-hybridized carbons (Fsp3) is 0.200. The molecule has 1 heterocycles. The van der Waals surface area contributed by atoms with Gasteiger partial charge in [0.2, 0.25) is 0 Å². The highest BCUT2D eigenvalue weighted by Crippen LogP contribution is 2.35. The molecule has 9 heteroatoms. The summed E-state index contributed by atoms with van der Waals surface area (Å²) >= 11 is 5.90. The maximum absolute atomic E-state index is 13.0. The second kappa shape index (κ2) is 10.4. The first-order chi connectivity index (χ1) is 16.5. The molecule has 34 heavy (non-hydrogen) atoms. The number of hydrogen-bond donors (Lipinski definition) is 1. The van der Waals surface area contributed by atoms with Crippen LogP contribution in [0.4, 0.5) is 11.4 Å². The Bertz CT molecular complexity index is 1180. The molecule has 3 aromatic rings. The van der Waals surface area contributed by atoms with Gasteiger partial charge in [0.05, 0.1) is 26.5 Å². The Morgan fingerprint density at radius 2 is 1.76 bits per heavy atom. The van der Waals surface area contributed by atoms with E-state index >= 15 is 0 Å². The highest BCUT2D eigenvalue weighted by atomic mass is 35.5. The molecule has 0 fully saturated rings. The van der Waals surface area contributed by atoms with Crippen molar-refractivity contribution in [2.75, 3.05) is 44.2 Å². The Labute approximate surface area is 201 Å². The van der Waals surface area contributed by atoms with Gasteiger partial charge in [0.1, 0.15) is 35.2 Å². The average molecular weight is 483 g/mol. The molecule has 1 aliphatic rings. The molecule has 1 aliphatic heterocycles. The summed E-state index contributed by atoms with van der Waals surface area (Å²) in [5, 5.41) is 3.46. The van der Waals surface area contributed by atoms with E-state index in [9.17, 15) is 9.59 Å². The lowest BCUT2D eigenvalue weighted by Crippen LogP contribution is -2.41. The van der Waals surface area contributed by atoms with Crippen molar-refractivity contribution in [2.24, 2.45) is 0 Å². The molecule has 176 valence electrons. The van der Waals surface area contributed by atoms with Crippen LogP contribution in [0.3, 0.4) is 0 Å². The number of amides is 2. The van der Waals surface area contributed by atoms with E-state index in [1.807, 2.05) is 0 Å². The highest BCUT2D eigenvalue weighted by molar-refractivity contribution is 6.30. The van der Waals surface area contributed by atoms with Crippen molar-refractivity contribution in [3.8, 4) is 23.0 Å². The fourth-order valence-electron chi connectivity index (χ4n) is 3.58. The number of benzene rings is 3. The number of carbonyl (C=O) groups is 2. The number of methoxy groups -OCH3 is 2. The number of nitrogens with zero attached hydrogens (tertiary/aromatic N) is 1. The van der Waals surface area contributed by atoms with Crippen molar-refractivity contribution < 1.29 is 28.5 Å². The molecular formula is C25H23ClN2O6. The van der Waals surface area contributed by atoms with Crippen LogP contribution in [0.25, 0.3) is 0 Å². The molecule has 3 aromatic carbocycles. The maximum Gasteiger partial charge on any atom is 0.265 e. The minimum absolute atomic E-state index is 0.0714.